The Morgan fingerprint density at radius 2 is 1.94 bits per heavy atom. The fourth-order valence-electron chi connectivity index (χ4n) is 1.36. The molecule has 2 aromatic rings. The van der Waals surface area contributed by atoms with Gasteiger partial charge in [-0.05, 0) is 24.3 Å². The molecule has 0 saturated carbocycles. The molecular formula is C12H7FNO2-. The summed E-state index contributed by atoms with van der Waals surface area (Å²) in [6, 6.07) is 10.3. The molecule has 0 aliphatic carbocycles. The minimum absolute atomic E-state index is 0.165. The van der Waals surface area contributed by atoms with Crippen LogP contribution in [0.1, 0.15) is 10.5 Å². The number of aromatic nitrogens is 1. The average Bonchev–Trinajstić information content (AvgIpc) is 2.29. The third-order valence-corrected chi connectivity index (χ3v) is 2.08. The van der Waals surface area contributed by atoms with Gasteiger partial charge in [-0.25, -0.2) is 9.37 Å². The summed E-state index contributed by atoms with van der Waals surface area (Å²) in [5.74, 6) is -1.74. The fraction of sp³-hybridized carbons (Fsp3) is 0. The van der Waals surface area contributed by atoms with Gasteiger partial charge in [-0.1, -0.05) is 18.2 Å². The first-order valence-corrected chi connectivity index (χ1v) is 4.61. The van der Waals surface area contributed by atoms with Crippen LogP contribution in [-0.4, -0.2) is 11.0 Å². The van der Waals surface area contributed by atoms with E-state index in [0.29, 0.717) is 11.3 Å². The maximum Gasteiger partial charge on any atom is 0.123 e. The molecule has 4 heteroatoms. The molecule has 16 heavy (non-hydrogen) atoms. The Morgan fingerprint density at radius 3 is 2.62 bits per heavy atom. The Balaban J connectivity index is 2.48. The van der Waals surface area contributed by atoms with E-state index in [4.69, 9.17) is 0 Å². The molecule has 0 aliphatic heterocycles. The maximum absolute atomic E-state index is 13.0. The number of carbonyl (C=O) groups excluding carboxylic acids is 1. The van der Waals surface area contributed by atoms with E-state index in [1.165, 1.54) is 24.3 Å². The Hall–Kier alpha value is -2.23. The van der Waals surface area contributed by atoms with Gasteiger partial charge in [0.25, 0.3) is 0 Å². The minimum atomic E-state index is -1.35. The van der Waals surface area contributed by atoms with Crippen LogP contribution in [0.25, 0.3) is 11.3 Å². The first-order valence-electron chi connectivity index (χ1n) is 4.61. The van der Waals surface area contributed by atoms with Crippen LogP contribution >= 0.6 is 0 Å². The number of nitrogens with zero attached hydrogens (tertiary/aromatic N) is 1. The van der Waals surface area contributed by atoms with Crippen molar-refractivity contribution in [2.24, 2.45) is 0 Å². The van der Waals surface area contributed by atoms with E-state index in [9.17, 15) is 14.3 Å². The molecule has 0 radical (unpaired) electrons. The van der Waals surface area contributed by atoms with Gasteiger partial charge in [0.15, 0.2) is 0 Å². The number of hydrogen-bond acceptors (Lipinski definition) is 3. The molecule has 0 unspecified atom stereocenters. The zero-order chi connectivity index (χ0) is 11.5. The van der Waals surface area contributed by atoms with Crippen molar-refractivity contribution in [2.75, 3.05) is 0 Å². The lowest BCUT2D eigenvalue weighted by Gasteiger charge is -2.05. The summed E-state index contributed by atoms with van der Waals surface area (Å²) in [6.45, 7) is 0. The molecule has 1 aromatic carbocycles. The number of halogens is 1. The van der Waals surface area contributed by atoms with Crippen molar-refractivity contribution in [1.29, 1.82) is 0 Å². The van der Waals surface area contributed by atoms with E-state index in [-0.39, 0.29) is 5.69 Å². The van der Waals surface area contributed by atoms with Crippen molar-refractivity contribution in [3.63, 3.8) is 0 Å². The molecule has 3 nitrogen and oxygen atoms in total. The van der Waals surface area contributed by atoms with Crippen molar-refractivity contribution in [2.45, 2.75) is 0 Å². The van der Waals surface area contributed by atoms with Crippen molar-refractivity contribution in [1.82, 2.24) is 4.98 Å². The zero-order valence-corrected chi connectivity index (χ0v) is 8.18. The molecule has 2 rings (SSSR count). The van der Waals surface area contributed by atoms with Crippen LogP contribution in [0.5, 0.6) is 0 Å². The summed E-state index contributed by atoms with van der Waals surface area (Å²) in [5, 5.41) is 10.6. The van der Waals surface area contributed by atoms with Crippen LogP contribution in [-0.2, 0) is 0 Å². The second-order valence-electron chi connectivity index (χ2n) is 3.21. The van der Waals surface area contributed by atoms with E-state index in [2.05, 4.69) is 4.98 Å². The number of rotatable bonds is 2. The van der Waals surface area contributed by atoms with Gasteiger partial charge < -0.3 is 9.90 Å². The number of benzene rings is 1. The van der Waals surface area contributed by atoms with Crippen molar-refractivity contribution in [3.8, 4) is 11.3 Å². The zero-order valence-electron chi connectivity index (χ0n) is 8.18. The van der Waals surface area contributed by atoms with Gasteiger partial charge in [0.1, 0.15) is 5.82 Å². The van der Waals surface area contributed by atoms with Gasteiger partial charge in [0, 0.05) is 5.56 Å². The minimum Gasteiger partial charge on any atom is -0.543 e. The summed E-state index contributed by atoms with van der Waals surface area (Å²) < 4.78 is 13.0. The van der Waals surface area contributed by atoms with E-state index < -0.39 is 11.8 Å². The molecule has 0 aliphatic rings. The highest BCUT2D eigenvalue weighted by Crippen LogP contribution is 2.17. The molecular weight excluding hydrogens is 209 g/mol. The Bertz CT molecular complexity index is 540. The Kier molecular flexibility index (Phi) is 2.64. The van der Waals surface area contributed by atoms with Crippen LogP contribution in [0, 0.1) is 5.82 Å². The number of pyridine rings is 1. The molecule has 1 heterocycles. The summed E-state index contributed by atoms with van der Waals surface area (Å²) in [4.78, 5) is 14.5. The predicted octanol–water partition coefficient (Wildman–Crippen LogP) is 1.25. The van der Waals surface area contributed by atoms with Crippen LogP contribution < -0.4 is 5.11 Å². The largest absolute Gasteiger partial charge is 0.543 e. The van der Waals surface area contributed by atoms with Crippen LogP contribution in [0.3, 0.4) is 0 Å². The fourth-order valence-corrected chi connectivity index (χ4v) is 1.36. The molecule has 0 bridgehead atoms. The number of hydrogen-bond donors (Lipinski definition) is 0. The van der Waals surface area contributed by atoms with Crippen LogP contribution in [0.4, 0.5) is 4.39 Å². The summed E-state index contributed by atoms with van der Waals surface area (Å²) in [6.07, 6.45) is 0. The third kappa shape index (κ3) is 2.06. The summed E-state index contributed by atoms with van der Waals surface area (Å²) in [7, 11) is 0. The van der Waals surface area contributed by atoms with Gasteiger partial charge in [-0.2, -0.15) is 0 Å². The number of carboxylic acids is 1. The first kappa shape index (κ1) is 10.3. The SMILES string of the molecule is O=C([O-])c1cccc(-c2cccc(F)c2)n1. The molecule has 80 valence electrons. The van der Waals surface area contributed by atoms with E-state index in [1.807, 2.05) is 0 Å². The lowest BCUT2D eigenvalue weighted by molar-refractivity contribution is -0.255. The van der Waals surface area contributed by atoms with E-state index >= 15 is 0 Å². The Labute approximate surface area is 91.2 Å². The van der Waals surface area contributed by atoms with E-state index in [0.717, 1.165) is 0 Å². The van der Waals surface area contributed by atoms with Crippen LogP contribution in [0.2, 0.25) is 0 Å². The van der Waals surface area contributed by atoms with Crippen molar-refractivity contribution >= 4 is 5.97 Å². The lowest BCUT2D eigenvalue weighted by Crippen LogP contribution is -2.23. The quantitative estimate of drug-likeness (QED) is 0.759. The highest BCUT2D eigenvalue weighted by molar-refractivity contribution is 5.84. The molecule has 0 spiro atoms. The number of carbonyl (C=O) groups is 1. The van der Waals surface area contributed by atoms with Crippen molar-refractivity contribution in [3.05, 3.63) is 54.0 Å². The van der Waals surface area contributed by atoms with Gasteiger partial charge in [-0.3, -0.25) is 0 Å². The maximum atomic E-state index is 13.0. The molecule has 0 fully saturated rings. The molecule has 0 atom stereocenters. The topological polar surface area (TPSA) is 53.0 Å². The molecule has 1 aromatic heterocycles. The lowest BCUT2D eigenvalue weighted by atomic mass is 10.1. The molecule has 0 amide bonds. The first-order chi connectivity index (χ1) is 7.66. The normalized spacial score (nSPS) is 10.1. The van der Waals surface area contributed by atoms with E-state index in [1.54, 1.807) is 18.2 Å². The standard InChI is InChI=1S/C12H8FNO2/c13-9-4-1-3-8(7-9)10-5-2-6-11(14-10)12(15)16/h1-7H,(H,15,16)/p-1. The van der Waals surface area contributed by atoms with Crippen LogP contribution in [0.15, 0.2) is 42.5 Å². The average molecular weight is 216 g/mol. The van der Waals surface area contributed by atoms with Gasteiger partial charge >= 0.3 is 0 Å². The monoisotopic (exact) mass is 216 g/mol. The summed E-state index contributed by atoms with van der Waals surface area (Å²) >= 11 is 0. The predicted molar refractivity (Wildman–Crippen MR) is 54.0 cm³/mol. The Morgan fingerprint density at radius 1 is 1.19 bits per heavy atom. The second-order valence-corrected chi connectivity index (χ2v) is 3.21. The highest BCUT2D eigenvalue weighted by Gasteiger charge is 2.02. The number of carboxylic acid groups (broad SMARTS) is 1. The van der Waals surface area contributed by atoms with Crippen molar-refractivity contribution < 1.29 is 14.3 Å². The number of aromatic carboxylic acids is 1. The summed E-state index contributed by atoms with van der Waals surface area (Å²) in [5.41, 5.74) is 0.770. The highest BCUT2D eigenvalue weighted by atomic mass is 19.1. The second kappa shape index (κ2) is 4.10. The molecule has 0 N–H and O–H groups in total. The van der Waals surface area contributed by atoms with Gasteiger partial charge in [0.05, 0.1) is 17.4 Å². The molecule has 0 saturated heterocycles. The van der Waals surface area contributed by atoms with Gasteiger partial charge in [-0.15, -0.1) is 0 Å². The van der Waals surface area contributed by atoms with Gasteiger partial charge in [0.2, 0.25) is 0 Å². The third-order valence-electron chi connectivity index (χ3n) is 2.08. The smallest absolute Gasteiger partial charge is 0.123 e.